The van der Waals surface area contributed by atoms with E-state index in [1.807, 2.05) is 18.2 Å². The highest BCUT2D eigenvalue weighted by Crippen LogP contribution is 2.28. The Kier molecular flexibility index (Phi) is 5.41. The monoisotopic (exact) mass is 266 g/mol. The summed E-state index contributed by atoms with van der Waals surface area (Å²) in [6.07, 6.45) is 1.07. The number of anilines is 1. The highest BCUT2D eigenvalue weighted by Gasteiger charge is 2.16. The van der Waals surface area contributed by atoms with Crippen LogP contribution < -0.4 is 15.4 Å². The molecular formula is C14H22N2OS. The summed E-state index contributed by atoms with van der Waals surface area (Å²) in [5, 5.41) is 0. The fourth-order valence-electron chi connectivity index (χ4n) is 2.02. The number of rotatable bonds is 6. The summed E-state index contributed by atoms with van der Waals surface area (Å²) in [6, 6.07) is 6.27. The van der Waals surface area contributed by atoms with Crippen LogP contribution in [-0.2, 0) is 0 Å². The van der Waals surface area contributed by atoms with Gasteiger partial charge in [-0.2, -0.15) is 0 Å². The molecule has 0 aliphatic rings. The lowest BCUT2D eigenvalue weighted by atomic mass is 10.1. The molecule has 0 aliphatic heterocycles. The summed E-state index contributed by atoms with van der Waals surface area (Å²) in [5.74, 6) is 0.826. The number of thiocarbonyl (C=S) groups is 1. The lowest BCUT2D eigenvalue weighted by Crippen LogP contribution is -2.34. The van der Waals surface area contributed by atoms with Crippen molar-refractivity contribution in [3.8, 4) is 5.75 Å². The van der Waals surface area contributed by atoms with Gasteiger partial charge in [0.15, 0.2) is 0 Å². The first-order chi connectivity index (χ1) is 8.54. The Balaban J connectivity index is 3.28. The van der Waals surface area contributed by atoms with Gasteiger partial charge >= 0.3 is 0 Å². The molecule has 0 aromatic heterocycles. The molecule has 1 unspecified atom stereocenters. The zero-order valence-electron chi connectivity index (χ0n) is 11.6. The Morgan fingerprint density at radius 1 is 1.44 bits per heavy atom. The Bertz CT molecular complexity index is 420. The van der Waals surface area contributed by atoms with Crippen LogP contribution in [-0.4, -0.2) is 24.7 Å². The second-order valence-corrected chi connectivity index (χ2v) is 4.73. The maximum absolute atomic E-state index is 5.80. The van der Waals surface area contributed by atoms with Crippen LogP contribution >= 0.6 is 12.2 Å². The van der Waals surface area contributed by atoms with Crippen molar-refractivity contribution in [1.82, 2.24) is 0 Å². The van der Waals surface area contributed by atoms with Gasteiger partial charge in [-0.3, -0.25) is 0 Å². The Hall–Kier alpha value is -1.29. The van der Waals surface area contributed by atoms with Crippen LogP contribution in [0.1, 0.15) is 32.8 Å². The van der Waals surface area contributed by atoms with Crippen LogP contribution in [0, 0.1) is 0 Å². The van der Waals surface area contributed by atoms with E-state index < -0.39 is 0 Å². The molecule has 0 bridgehead atoms. The van der Waals surface area contributed by atoms with Crippen LogP contribution in [0.5, 0.6) is 5.75 Å². The van der Waals surface area contributed by atoms with Crippen molar-refractivity contribution in [2.75, 3.05) is 18.6 Å². The average Bonchev–Trinajstić information content (AvgIpc) is 2.38. The Labute approximate surface area is 115 Å². The van der Waals surface area contributed by atoms with Gasteiger partial charge in [-0.05, 0) is 32.4 Å². The van der Waals surface area contributed by atoms with Crippen molar-refractivity contribution in [3.63, 3.8) is 0 Å². The van der Waals surface area contributed by atoms with E-state index in [4.69, 9.17) is 22.7 Å². The molecule has 1 aromatic rings. The summed E-state index contributed by atoms with van der Waals surface area (Å²) < 4.78 is 5.29. The summed E-state index contributed by atoms with van der Waals surface area (Å²) in [7, 11) is 1.67. The number of hydrogen-bond donors (Lipinski definition) is 1. The molecule has 0 radical (unpaired) electrons. The highest BCUT2D eigenvalue weighted by molar-refractivity contribution is 7.80. The lowest BCUT2D eigenvalue weighted by molar-refractivity contribution is 0.414. The van der Waals surface area contributed by atoms with Crippen molar-refractivity contribution < 1.29 is 4.74 Å². The molecule has 2 N–H and O–H groups in total. The first-order valence-corrected chi connectivity index (χ1v) is 6.70. The first kappa shape index (κ1) is 14.8. The van der Waals surface area contributed by atoms with Gasteiger partial charge in [-0.1, -0.05) is 19.1 Å². The van der Waals surface area contributed by atoms with E-state index in [1.54, 1.807) is 7.11 Å². The lowest BCUT2D eigenvalue weighted by Gasteiger charge is -2.31. The second kappa shape index (κ2) is 6.59. The van der Waals surface area contributed by atoms with E-state index in [-0.39, 0.29) is 0 Å². The number of methoxy groups -OCH3 is 1. The Morgan fingerprint density at radius 3 is 2.56 bits per heavy atom. The molecule has 0 spiro atoms. The van der Waals surface area contributed by atoms with Gasteiger partial charge in [0.1, 0.15) is 10.7 Å². The molecule has 1 rings (SSSR count). The van der Waals surface area contributed by atoms with Crippen molar-refractivity contribution >= 4 is 22.9 Å². The second-order valence-electron chi connectivity index (χ2n) is 4.29. The highest BCUT2D eigenvalue weighted by atomic mass is 32.1. The Morgan fingerprint density at radius 2 is 2.11 bits per heavy atom. The van der Waals surface area contributed by atoms with E-state index >= 15 is 0 Å². The van der Waals surface area contributed by atoms with Crippen LogP contribution in [0.15, 0.2) is 18.2 Å². The summed E-state index contributed by atoms with van der Waals surface area (Å²) in [6.45, 7) is 7.42. The molecule has 0 saturated carbocycles. The predicted molar refractivity (Wildman–Crippen MR) is 81.7 cm³/mol. The molecule has 100 valence electrons. The van der Waals surface area contributed by atoms with Crippen molar-refractivity contribution in [2.24, 2.45) is 5.73 Å². The average molecular weight is 266 g/mol. The molecule has 0 aliphatic carbocycles. The van der Waals surface area contributed by atoms with E-state index in [2.05, 4.69) is 25.7 Å². The van der Waals surface area contributed by atoms with Crippen LogP contribution in [0.25, 0.3) is 0 Å². The summed E-state index contributed by atoms with van der Waals surface area (Å²) in [4.78, 5) is 2.73. The molecule has 4 heteroatoms. The van der Waals surface area contributed by atoms with E-state index in [0.717, 1.165) is 30.0 Å². The van der Waals surface area contributed by atoms with Gasteiger partial charge < -0.3 is 15.4 Å². The van der Waals surface area contributed by atoms with Gasteiger partial charge in [0, 0.05) is 24.2 Å². The van der Waals surface area contributed by atoms with Crippen LogP contribution in [0.4, 0.5) is 5.69 Å². The zero-order chi connectivity index (χ0) is 13.7. The minimum absolute atomic E-state index is 0.425. The quantitative estimate of drug-likeness (QED) is 0.803. The SMILES string of the molecule is CCC(C)N(CC)c1cc(OC)ccc1C(N)=S. The molecule has 0 saturated heterocycles. The standard InChI is InChI=1S/C14H22N2OS/c1-5-10(3)16(6-2)13-9-11(17-4)7-8-12(13)14(15)18/h7-10H,5-6H2,1-4H3,(H2,15,18). The van der Waals surface area contributed by atoms with Crippen LogP contribution in [0.3, 0.4) is 0 Å². The van der Waals surface area contributed by atoms with Gasteiger partial charge in [-0.15, -0.1) is 0 Å². The van der Waals surface area contributed by atoms with Gasteiger partial charge in [-0.25, -0.2) is 0 Å². The fourth-order valence-corrected chi connectivity index (χ4v) is 2.20. The molecule has 0 heterocycles. The van der Waals surface area contributed by atoms with Crippen LogP contribution in [0.2, 0.25) is 0 Å². The molecule has 3 nitrogen and oxygen atoms in total. The molecule has 1 aromatic carbocycles. The first-order valence-electron chi connectivity index (χ1n) is 6.29. The topological polar surface area (TPSA) is 38.5 Å². The third-order valence-corrected chi connectivity index (χ3v) is 3.46. The minimum atomic E-state index is 0.425. The molecular weight excluding hydrogens is 244 g/mol. The van der Waals surface area contributed by atoms with Crippen molar-refractivity contribution in [3.05, 3.63) is 23.8 Å². The number of benzene rings is 1. The number of nitrogens with two attached hydrogens (primary N) is 1. The van der Waals surface area contributed by atoms with Crippen molar-refractivity contribution in [2.45, 2.75) is 33.2 Å². The van der Waals surface area contributed by atoms with E-state index in [9.17, 15) is 0 Å². The van der Waals surface area contributed by atoms with Crippen molar-refractivity contribution in [1.29, 1.82) is 0 Å². The maximum atomic E-state index is 5.80. The third kappa shape index (κ3) is 3.13. The van der Waals surface area contributed by atoms with Gasteiger partial charge in [0.05, 0.1) is 12.8 Å². The van der Waals surface area contributed by atoms with Gasteiger partial charge in [0.25, 0.3) is 0 Å². The van der Waals surface area contributed by atoms with E-state index in [0.29, 0.717) is 11.0 Å². The number of nitrogens with zero attached hydrogens (tertiary/aromatic N) is 1. The zero-order valence-corrected chi connectivity index (χ0v) is 12.4. The largest absolute Gasteiger partial charge is 0.497 e. The molecule has 1 atom stereocenters. The van der Waals surface area contributed by atoms with Gasteiger partial charge in [0.2, 0.25) is 0 Å². The smallest absolute Gasteiger partial charge is 0.120 e. The summed E-state index contributed by atoms with van der Waals surface area (Å²) in [5.41, 5.74) is 7.77. The minimum Gasteiger partial charge on any atom is -0.497 e. The number of ether oxygens (including phenoxy) is 1. The molecule has 18 heavy (non-hydrogen) atoms. The third-order valence-electron chi connectivity index (χ3n) is 3.24. The maximum Gasteiger partial charge on any atom is 0.120 e. The fraction of sp³-hybridized carbons (Fsp3) is 0.500. The summed E-state index contributed by atoms with van der Waals surface area (Å²) >= 11 is 5.13. The number of hydrogen-bond acceptors (Lipinski definition) is 3. The molecule has 0 fully saturated rings. The predicted octanol–water partition coefficient (Wildman–Crippen LogP) is 2.95. The molecule has 0 amide bonds. The van der Waals surface area contributed by atoms with E-state index in [1.165, 1.54) is 0 Å². The normalized spacial score (nSPS) is 12.0.